The molecule has 0 unspecified atom stereocenters. The first-order valence-corrected chi connectivity index (χ1v) is 5.18. The third-order valence-electron chi connectivity index (χ3n) is 2.61. The molecule has 0 atom stereocenters. The normalized spacial score (nSPS) is 18.0. The van der Waals surface area contributed by atoms with Crippen LogP contribution in [0.1, 0.15) is 32.1 Å². The smallest absolute Gasteiger partial charge is 0.222 e. The molecule has 1 aliphatic rings. The van der Waals surface area contributed by atoms with Crippen LogP contribution in [0.4, 0.5) is 5.95 Å². The molecule has 3 nitrogen and oxygen atoms in total. The molecular formula is C10H14BN3. The highest BCUT2D eigenvalue weighted by molar-refractivity contribution is 6.31. The summed E-state index contributed by atoms with van der Waals surface area (Å²) < 4.78 is 0. The highest BCUT2D eigenvalue weighted by Crippen LogP contribution is 2.19. The summed E-state index contributed by atoms with van der Waals surface area (Å²) in [6.07, 6.45) is 9.72. The maximum Gasteiger partial charge on any atom is 0.222 e. The Hall–Kier alpha value is -1.06. The SMILES string of the molecule is [B]c1cnc(NC2CCCCC2)nc1. The molecule has 1 aromatic rings. The van der Waals surface area contributed by atoms with Gasteiger partial charge in [0.25, 0.3) is 0 Å². The molecule has 0 aromatic carbocycles. The highest BCUT2D eigenvalue weighted by atomic mass is 15.1. The van der Waals surface area contributed by atoms with E-state index in [-0.39, 0.29) is 0 Å². The molecule has 0 aliphatic heterocycles. The Balaban J connectivity index is 1.92. The lowest BCUT2D eigenvalue weighted by Crippen LogP contribution is -2.24. The highest BCUT2D eigenvalue weighted by Gasteiger charge is 2.13. The predicted molar refractivity (Wildman–Crippen MR) is 57.9 cm³/mol. The zero-order chi connectivity index (χ0) is 9.80. The van der Waals surface area contributed by atoms with E-state index < -0.39 is 0 Å². The molecule has 0 spiro atoms. The summed E-state index contributed by atoms with van der Waals surface area (Å²) >= 11 is 0. The second kappa shape index (κ2) is 4.44. The average Bonchev–Trinajstić information content (AvgIpc) is 2.23. The van der Waals surface area contributed by atoms with Crippen LogP contribution in [-0.2, 0) is 0 Å². The van der Waals surface area contributed by atoms with Crippen molar-refractivity contribution in [2.75, 3.05) is 5.32 Å². The maximum atomic E-state index is 5.51. The van der Waals surface area contributed by atoms with Crippen LogP contribution in [0.3, 0.4) is 0 Å². The zero-order valence-corrected chi connectivity index (χ0v) is 8.24. The van der Waals surface area contributed by atoms with E-state index in [1.165, 1.54) is 32.1 Å². The van der Waals surface area contributed by atoms with Crippen LogP contribution in [0.2, 0.25) is 0 Å². The predicted octanol–water partition coefficient (Wildman–Crippen LogP) is 1.01. The van der Waals surface area contributed by atoms with Gasteiger partial charge in [0, 0.05) is 18.4 Å². The Bertz CT molecular complexity index is 280. The summed E-state index contributed by atoms with van der Waals surface area (Å²) in [4.78, 5) is 8.25. The van der Waals surface area contributed by atoms with E-state index in [4.69, 9.17) is 7.85 Å². The summed E-state index contributed by atoms with van der Waals surface area (Å²) in [6, 6.07) is 0.548. The van der Waals surface area contributed by atoms with Crippen molar-refractivity contribution in [3.63, 3.8) is 0 Å². The molecule has 0 amide bonds. The molecule has 1 aliphatic carbocycles. The van der Waals surface area contributed by atoms with E-state index in [0.29, 0.717) is 17.5 Å². The number of hydrogen-bond acceptors (Lipinski definition) is 3. The van der Waals surface area contributed by atoms with Gasteiger partial charge in [0.2, 0.25) is 5.95 Å². The Morgan fingerprint density at radius 3 is 2.43 bits per heavy atom. The van der Waals surface area contributed by atoms with Gasteiger partial charge < -0.3 is 5.32 Å². The molecule has 0 saturated heterocycles. The fourth-order valence-corrected chi connectivity index (χ4v) is 1.84. The van der Waals surface area contributed by atoms with Gasteiger partial charge in [-0.1, -0.05) is 24.7 Å². The van der Waals surface area contributed by atoms with Crippen LogP contribution < -0.4 is 10.8 Å². The fraction of sp³-hybridized carbons (Fsp3) is 0.600. The zero-order valence-electron chi connectivity index (χ0n) is 8.24. The van der Waals surface area contributed by atoms with Gasteiger partial charge in [-0.05, 0) is 12.8 Å². The molecule has 0 bridgehead atoms. The third kappa shape index (κ3) is 2.47. The molecule has 1 aromatic heterocycles. The van der Waals surface area contributed by atoms with Gasteiger partial charge in [-0.2, -0.15) is 0 Å². The first kappa shape index (κ1) is 9.50. The van der Waals surface area contributed by atoms with Crippen LogP contribution in [0.25, 0.3) is 0 Å². The minimum Gasteiger partial charge on any atom is -0.351 e. The second-order valence-corrected chi connectivity index (χ2v) is 3.82. The first-order chi connectivity index (χ1) is 6.84. The van der Waals surface area contributed by atoms with E-state index in [1.807, 2.05) is 0 Å². The number of anilines is 1. The van der Waals surface area contributed by atoms with Crippen LogP contribution in [0.15, 0.2) is 12.4 Å². The van der Waals surface area contributed by atoms with Gasteiger partial charge in [0.05, 0.1) is 0 Å². The van der Waals surface area contributed by atoms with Gasteiger partial charge in [-0.15, -0.1) is 0 Å². The van der Waals surface area contributed by atoms with Crippen molar-refractivity contribution >= 4 is 19.3 Å². The van der Waals surface area contributed by atoms with Crippen molar-refractivity contribution in [2.45, 2.75) is 38.1 Å². The first-order valence-electron chi connectivity index (χ1n) is 5.18. The van der Waals surface area contributed by atoms with Crippen LogP contribution in [0, 0.1) is 0 Å². The van der Waals surface area contributed by atoms with Crippen molar-refractivity contribution in [1.82, 2.24) is 9.97 Å². The molecule has 1 fully saturated rings. The molecule has 2 radical (unpaired) electrons. The van der Waals surface area contributed by atoms with E-state index in [9.17, 15) is 0 Å². The quantitative estimate of drug-likeness (QED) is 0.702. The summed E-state index contributed by atoms with van der Waals surface area (Å²) in [5.74, 6) is 0.700. The molecule has 72 valence electrons. The van der Waals surface area contributed by atoms with Crippen LogP contribution >= 0.6 is 0 Å². The summed E-state index contributed by atoms with van der Waals surface area (Å²) in [6.45, 7) is 0. The fourth-order valence-electron chi connectivity index (χ4n) is 1.84. The Morgan fingerprint density at radius 1 is 1.14 bits per heavy atom. The van der Waals surface area contributed by atoms with Crippen molar-refractivity contribution in [3.05, 3.63) is 12.4 Å². The van der Waals surface area contributed by atoms with E-state index in [0.717, 1.165) is 0 Å². The molecule has 1 saturated carbocycles. The molecule has 1 N–H and O–H groups in total. The van der Waals surface area contributed by atoms with E-state index in [2.05, 4.69) is 15.3 Å². The van der Waals surface area contributed by atoms with Crippen molar-refractivity contribution < 1.29 is 0 Å². The molecule has 14 heavy (non-hydrogen) atoms. The molecule has 4 heteroatoms. The summed E-state index contributed by atoms with van der Waals surface area (Å²) in [5.41, 5.74) is 0.610. The van der Waals surface area contributed by atoms with Crippen molar-refractivity contribution in [1.29, 1.82) is 0 Å². The minimum atomic E-state index is 0.548. The van der Waals surface area contributed by atoms with Crippen LogP contribution in [-0.4, -0.2) is 23.9 Å². The number of nitrogens with one attached hydrogen (secondary N) is 1. The minimum absolute atomic E-state index is 0.548. The van der Waals surface area contributed by atoms with Gasteiger partial charge in [-0.25, -0.2) is 9.97 Å². The van der Waals surface area contributed by atoms with Crippen molar-refractivity contribution in [3.8, 4) is 0 Å². The number of aromatic nitrogens is 2. The standard InChI is InChI=1S/C10H14BN3/c11-8-6-12-10(13-7-8)14-9-4-2-1-3-5-9/h6-7,9H,1-5H2,(H,12,13,14). The molecule has 2 rings (SSSR count). The van der Waals surface area contributed by atoms with Gasteiger partial charge in [-0.3, -0.25) is 0 Å². The van der Waals surface area contributed by atoms with Crippen molar-refractivity contribution in [2.24, 2.45) is 0 Å². The van der Waals surface area contributed by atoms with Gasteiger partial charge >= 0.3 is 0 Å². The third-order valence-corrected chi connectivity index (χ3v) is 2.61. The molecular weight excluding hydrogens is 173 g/mol. The lowest BCUT2D eigenvalue weighted by molar-refractivity contribution is 0.461. The summed E-state index contributed by atoms with van der Waals surface area (Å²) in [5, 5.41) is 3.33. The Morgan fingerprint density at radius 2 is 1.79 bits per heavy atom. The Kier molecular flexibility index (Phi) is 3.01. The molecule has 1 heterocycles. The second-order valence-electron chi connectivity index (χ2n) is 3.82. The topological polar surface area (TPSA) is 37.8 Å². The van der Waals surface area contributed by atoms with E-state index >= 15 is 0 Å². The maximum absolute atomic E-state index is 5.51. The lowest BCUT2D eigenvalue weighted by Gasteiger charge is -2.22. The number of nitrogens with zero attached hydrogens (tertiary/aromatic N) is 2. The Labute approximate surface area is 85.8 Å². The van der Waals surface area contributed by atoms with Gasteiger partial charge in [0.1, 0.15) is 7.85 Å². The van der Waals surface area contributed by atoms with Crippen LogP contribution in [0.5, 0.6) is 0 Å². The number of rotatable bonds is 2. The summed E-state index contributed by atoms with van der Waals surface area (Å²) in [7, 11) is 5.51. The van der Waals surface area contributed by atoms with Gasteiger partial charge in [0.15, 0.2) is 0 Å². The average molecular weight is 187 g/mol. The number of hydrogen-bond donors (Lipinski definition) is 1. The van der Waals surface area contributed by atoms with E-state index in [1.54, 1.807) is 12.4 Å². The monoisotopic (exact) mass is 187 g/mol. The largest absolute Gasteiger partial charge is 0.351 e. The lowest BCUT2D eigenvalue weighted by atomic mass is 9.96.